The van der Waals surface area contributed by atoms with Crippen LogP contribution in [0, 0.1) is 11.6 Å². The summed E-state index contributed by atoms with van der Waals surface area (Å²) in [7, 11) is 0. The molecule has 0 amide bonds. The van der Waals surface area contributed by atoms with Gasteiger partial charge in [-0.3, -0.25) is 0 Å². The molecule has 19 heavy (non-hydrogen) atoms. The van der Waals surface area contributed by atoms with Crippen LogP contribution in [0.2, 0.25) is 0 Å². The fourth-order valence-corrected chi connectivity index (χ4v) is 1.68. The van der Waals surface area contributed by atoms with Crippen molar-refractivity contribution in [1.29, 1.82) is 0 Å². The molecular formula is C14H17F2N3. The molecule has 0 aliphatic rings. The summed E-state index contributed by atoms with van der Waals surface area (Å²) in [6.07, 6.45) is 2.66. The first-order valence-corrected chi connectivity index (χ1v) is 6.32. The first kappa shape index (κ1) is 13.7. The van der Waals surface area contributed by atoms with Crippen molar-refractivity contribution in [3.05, 3.63) is 41.9 Å². The molecule has 0 saturated carbocycles. The van der Waals surface area contributed by atoms with Crippen molar-refractivity contribution in [2.24, 2.45) is 0 Å². The lowest BCUT2D eigenvalue weighted by Gasteiger charge is -2.08. The highest BCUT2D eigenvalue weighted by molar-refractivity contribution is 5.58. The standard InChI is InChI=1S/C14H17F2N3/c1-3-9(2)17-8-14-18-7-13(19-14)10-4-5-11(15)12(16)6-10/h4-7,9,17H,3,8H2,1-2H3,(H,18,19). The van der Waals surface area contributed by atoms with Gasteiger partial charge >= 0.3 is 0 Å². The van der Waals surface area contributed by atoms with Crippen LogP contribution < -0.4 is 5.32 Å². The van der Waals surface area contributed by atoms with Gasteiger partial charge in [-0.25, -0.2) is 13.8 Å². The minimum Gasteiger partial charge on any atom is -0.341 e. The molecule has 0 spiro atoms. The summed E-state index contributed by atoms with van der Waals surface area (Å²) in [6.45, 7) is 4.82. The summed E-state index contributed by atoms with van der Waals surface area (Å²) in [5.74, 6) is -0.923. The molecule has 102 valence electrons. The molecule has 1 atom stereocenters. The molecule has 1 unspecified atom stereocenters. The van der Waals surface area contributed by atoms with E-state index >= 15 is 0 Å². The molecule has 2 rings (SSSR count). The Bertz CT molecular complexity index is 551. The molecular weight excluding hydrogens is 248 g/mol. The van der Waals surface area contributed by atoms with Gasteiger partial charge in [0.05, 0.1) is 18.4 Å². The topological polar surface area (TPSA) is 40.7 Å². The van der Waals surface area contributed by atoms with Crippen molar-refractivity contribution in [2.75, 3.05) is 0 Å². The van der Waals surface area contributed by atoms with Crippen LogP contribution in [0.4, 0.5) is 8.78 Å². The second-order valence-corrected chi connectivity index (χ2v) is 4.56. The van der Waals surface area contributed by atoms with Crippen molar-refractivity contribution < 1.29 is 8.78 Å². The van der Waals surface area contributed by atoms with Crippen molar-refractivity contribution in [2.45, 2.75) is 32.9 Å². The molecule has 0 aliphatic heterocycles. The Labute approximate surface area is 111 Å². The van der Waals surface area contributed by atoms with Crippen LogP contribution in [0.3, 0.4) is 0 Å². The second kappa shape index (κ2) is 5.93. The van der Waals surface area contributed by atoms with E-state index in [4.69, 9.17) is 0 Å². The van der Waals surface area contributed by atoms with Gasteiger partial charge in [-0.05, 0) is 31.5 Å². The van der Waals surface area contributed by atoms with Crippen LogP contribution >= 0.6 is 0 Å². The number of halogens is 2. The zero-order valence-corrected chi connectivity index (χ0v) is 11.0. The number of imidazole rings is 1. The van der Waals surface area contributed by atoms with Gasteiger partial charge in [-0.1, -0.05) is 6.92 Å². The summed E-state index contributed by atoms with van der Waals surface area (Å²) in [4.78, 5) is 7.31. The van der Waals surface area contributed by atoms with E-state index in [0.29, 0.717) is 23.8 Å². The fraction of sp³-hybridized carbons (Fsp3) is 0.357. The number of benzene rings is 1. The number of nitrogens with one attached hydrogen (secondary N) is 2. The van der Waals surface area contributed by atoms with Gasteiger partial charge in [0.2, 0.25) is 0 Å². The van der Waals surface area contributed by atoms with Crippen LogP contribution in [-0.2, 0) is 6.54 Å². The summed E-state index contributed by atoms with van der Waals surface area (Å²) >= 11 is 0. The SMILES string of the molecule is CCC(C)NCc1ncc(-c2ccc(F)c(F)c2)[nH]1. The quantitative estimate of drug-likeness (QED) is 0.871. The highest BCUT2D eigenvalue weighted by atomic mass is 19.2. The summed E-state index contributed by atoms with van der Waals surface area (Å²) in [5, 5.41) is 3.31. The van der Waals surface area contributed by atoms with Crippen LogP contribution in [0.15, 0.2) is 24.4 Å². The molecule has 0 fully saturated rings. The number of nitrogens with zero attached hydrogens (tertiary/aromatic N) is 1. The number of H-pyrrole nitrogens is 1. The summed E-state index contributed by atoms with van der Waals surface area (Å²) in [5.41, 5.74) is 1.26. The van der Waals surface area contributed by atoms with Crippen molar-refractivity contribution in [3.63, 3.8) is 0 Å². The predicted molar refractivity (Wildman–Crippen MR) is 70.5 cm³/mol. The van der Waals surface area contributed by atoms with Crippen molar-refractivity contribution in [3.8, 4) is 11.3 Å². The van der Waals surface area contributed by atoms with E-state index in [1.54, 1.807) is 6.20 Å². The molecule has 2 aromatic rings. The lowest BCUT2D eigenvalue weighted by atomic mass is 10.1. The van der Waals surface area contributed by atoms with E-state index in [1.165, 1.54) is 6.07 Å². The normalized spacial score (nSPS) is 12.6. The second-order valence-electron chi connectivity index (χ2n) is 4.56. The van der Waals surface area contributed by atoms with Gasteiger partial charge in [0.15, 0.2) is 11.6 Å². The third-order valence-electron chi connectivity index (χ3n) is 3.09. The molecule has 1 aromatic heterocycles. The van der Waals surface area contributed by atoms with Crippen molar-refractivity contribution >= 4 is 0 Å². The van der Waals surface area contributed by atoms with E-state index in [-0.39, 0.29) is 0 Å². The Kier molecular flexibility index (Phi) is 4.27. The third kappa shape index (κ3) is 3.38. The zero-order valence-electron chi connectivity index (χ0n) is 11.0. The van der Waals surface area contributed by atoms with Gasteiger partial charge in [-0.2, -0.15) is 0 Å². The largest absolute Gasteiger partial charge is 0.341 e. The smallest absolute Gasteiger partial charge is 0.159 e. The lowest BCUT2D eigenvalue weighted by Crippen LogP contribution is -2.24. The van der Waals surface area contributed by atoms with Crippen LogP contribution in [0.5, 0.6) is 0 Å². The van der Waals surface area contributed by atoms with E-state index in [9.17, 15) is 8.78 Å². The molecule has 0 saturated heterocycles. The monoisotopic (exact) mass is 265 g/mol. The lowest BCUT2D eigenvalue weighted by molar-refractivity contribution is 0.509. The van der Waals surface area contributed by atoms with E-state index in [1.807, 2.05) is 0 Å². The average molecular weight is 265 g/mol. The number of hydrogen-bond donors (Lipinski definition) is 2. The molecule has 1 heterocycles. The Balaban J connectivity index is 2.09. The highest BCUT2D eigenvalue weighted by Crippen LogP contribution is 2.19. The zero-order chi connectivity index (χ0) is 13.8. The molecule has 0 radical (unpaired) electrons. The summed E-state index contributed by atoms with van der Waals surface area (Å²) < 4.78 is 26.0. The Morgan fingerprint density at radius 2 is 2.11 bits per heavy atom. The summed E-state index contributed by atoms with van der Waals surface area (Å²) in [6, 6.07) is 4.21. The van der Waals surface area contributed by atoms with Crippen LogP contribution in [0.25, 0.3) is 11.3 Å². The van der Waals surface area contributed by atoms with Gasteiger partial charge in [0.1, 0.15) is 5.82 Å². The Hall–Kier alpha value is -1.75. The Morgan fingerprint density at radius 1 is 1.32 bits per heavy atom. The Morgan fingerprint density at radius 3 is 2.79 bits per heavy atom. The van der Waals surface area contributed by atoms with Crippen LogP contribution in [0.1, 0.15) is 26.1 Å². The van der Waals surface area contributed by atoms with Gasteiger partial charge < -0.3 is 10.3 Å². The first-order valence-electron chi connectivity index (χ1n) is 6.32. The predicted octanol–water partition coefficient (Wildman–Crippen LogP) is 3.24. The van der Waals surface area contributed by atoms with E-state index < -0.39 is 11.6 Å². The molecule has 5 heteroatoms. The van der Waals surface area contributed by atoms with Gasteiger partial charge in [0.25, 0.3) is 0 Å². The van der Waals surface area contributed by atoms with E-state index in [2.05, 4.69) is 29.1 Å². The van der Waals surface area contributed by atoms with Gasteiger partial charge in [-0.15, -0.1) is 0 Å². The van der Waals surface area contributed by atoms with Crippen molar-refractivity contribution in [1.82, 2.24) is 15.3 Å². The van der Waals surface area contributed by atoms with E-state index in [0.717, 1.165) is 24.4 Å². The number of aromatic amines is 1. The highest BCUT2D eigenvalue weighted by Gasteiger charge is 2.07. The van der Waals surface area contributed by atoms with Crippen LogP contribution in [-0.4, -0.2) is 16.0 Å². The first-order chi connectivity index (χ1) is 9.10. The molecule has 0 aliphatic carbocycles. The van der Waals surface area contributed by atoms with Gasteiger partial charge in [0, 0.05) is 11.6 Å². The number of aromatic nitrogens is 2. The maximum absolute atomic E-state index is 13.1. The minimum atomic E-state index is -0.855. The molecule has 2 N–H and O–H groups in total. The minimum absolute atomic E-state index is 0.414. The fourth-order valence-electron chi connectivity index (χ4n) is 1.68. The maximum Gasteiger partial charge on any atom is 0.159 e. The molecule has 0 bridgehead atoms. The average Bonchev–Trinajstić information content (AvgIpc) is 2.88. The third-order valence-corrected chi connectivity index (χ3v) is 3.09. The number of hydrogen-bond acceptors (Lipinski definition) is 2. The molecule has 3 nitrogen and oxygen atoms in total. The molecule has 1 aromatic carbocycles. The maximum atomic E-state index is 13.1. The number of rotatable bonds is 5.